The monoisotopic (exact) mass is 484 g/mol. The van der Waals surface area contributed by atoms with Crippen LogP contribution in [0, 0.1) is 13.8 Å². The summed E-state index contributed by atoms with van der Waals surface area (Å²) < 4.78 is 0. The zero-order chi connectivity index (χ0) is 20.3. The molecule has 0 spiro atoms. The molecule has 0 atom stereocenters. The van der Waals surface area contributed by atoms with E-state index in [2.05, 4.69) is 0 Å². The summed E-state index contributed by atoms with van der Waals surface area (Å²) in [6.45, 7) is 3.87. The Kier molecular flexibility index (Phi) is 7.50. The van der Waals surface area contributed by atoms with Crippen LogP contribution in [0.1, 0.15) is 31.8 Å². The van der Waals surface area contributed by atoms with Crippen molar-refractivity contribution in [1.29, 1.82) is 0 Å². The van der Waals surface area contributed by atoms with E-state index in [9.17, 15) is 19.8 Å². The van der Waals surface area contributed by atoms with Gasteiger partial charge in [0.25, 0.3) is 0 Å². The Bertz CT molecular complexity index is 1100. The van der Waals surface area contributed by atoms with E-state index in [0.717, 1.165) is 32.7 Å². The van der Waals surface area contributed by atoms with Crippen molar-refractivity contribution in [1.82, 2.24) is 0 Å². The first-order chi connectivity index (χ1) is 13.4. The molecule has 0 radical (unpaired) electrons. The average Bonchev–Trinajstić information content (AvgIpc) is 2.67. The van der Waals surface area contributed by atoms with Crippen molar-refractivity contribution < 1.29 is 47.1 Å². The topological polar surface area (TPSA) is 80.3 Å². The van der Waals surface area contributed by atoms with Crippen molar-refractivity contribution in [3.63, 3.8) is 0 Å². The SMILES string of the molecule is Cc1ccc2cccc(C(=O)[O-])c2c1.Cc1ccc2cccc(C(=O)[O-])c2c1.[Cd+2]. The number of carboxylic acid groups (broad SMARTS) is 2. The number of rotatable bonds is 2. The maximum Gasteiger partial charge on any atom is 2.00 e. The normalized spacial score (nSPS) is 10.0. The first-order valence-corrected chi connectivity index (χ1v) is 8.78. The number of carboxylic acids is 2. The van der Waals surface area contributed by atoms with Crippen molar-refractivity contribution >= 4 is 33.5 Å². The van der Waals surface area contributed by atoms with Crippen LogP contribution in [0.5, 0.6) is 0 Å². The van der Waals surface area contributed by atoms with Gasteiger partial charge in [0.2, 0.25) is 0 Å². The molecule has 0 aliphatic heterocycles. The van der Waals surface area contributed by atoms with Gasteiger partial charge in [0, 0.05) is 11.1 Å². The van der Waals surface area contributed by atoms with Gasteiger partial charge in [-0.25, -0.2) is 0 Å². The fraction of sp³-hybridized carbons (Fsp3) is 0.0833. The number of aromatic carboxylic acids is 2. The number of fused-ring (bicyclic) bond motifs is 2. The summed E-state index contributed by atoms with van der Waals surface area (Å²) in [7, 11) is 0. The fourth-order valence-electron chi connectivity index (χ4n) is 3.13. The first-order valence-electron chi connectivity index (χ1n) is 8.78. The maximum absolute atomic E-state index is 10.8. The third-order valence-corrected chi connectivity index (χ3v) is 4.52. The Morgan fingerprint density at radius 2 is 1.00 bits per heavy atom. The molecule has 4 aromatic carbocycles. The molecule has 0 amide bonds. The number of benzene rings is 4. The van der Waals surface area contributed by atoms with Gasteiger partial charge < -0.3 is 19.8 Å². The predicted molar refractivity (Wildman–Crippen MR) is 106 cm³/mol. The molecule has 0 aliphatic carbocycles. The summed E-state index contributed by atoms with van der Waals surface area (Å²) in [5, 5.41) is 25.0. The van der Waals surface area contributed by atoms with Crippen LogP contribution in [0.3, 0.4) is 0 Å². The van der Waals surface area contributed by atoms with Gasteiger partial charge in [-0.2, -0.15) is 0 Å². The molecule has 0 N–H and O–H groups in total. The van der Waals surface area contributed by atoms with Crippen LogP contribution in [0.4, 0.5) is 0 Å². The van der Waals surface area contributed by atoms with E-state index in [0.29, 0.717) is 0 Å². The molecule has 0 aliphatic rings. The quantitative estimate of drug-likeness (QED) is 0.411. The van der Waals surface area contributed by atoms with Gasteiger partial charge in [0.15, 0.2) is 0 Å². The molecule has 0 saturated carbocycles. The van der Waals surface area contributed by atoms with Crippen molar-refractivity contribution in [2.45, 2.75) is 13.8 Å². The van der Waals surface area contributed by atoms with Gasteiger partial charge in [-0.1, -0.05) is 83.9 Å². The first kappa shape index (κ1) is 22.6. The number of carbonyl (C=O) groups is 2. The summed E-state index contributed by atoms with van der Waals surface area (Å²) >= 11 is 0. The standard InChI is InChI=1S/2C12H10O2.Cd/c2*1-8-5-6-9-3-2-4-10(12(13)14)11(9)7-8;/h2*2-7H,1H3,(H,13,14);/q;;+2/p-2. The van der Waals surface area contributed by atoms with Crippen LogP contribution in [0.25, 0.3) is 21.5 Å². The zero-order valence-corrected chi connectivity index (χ0v) is 20.3. The minimum atomic E-state index is -1.12. The Morgan fingerprint density at radius 1 is 0.621 bits per heavy atom. The molecule has 4 nitrogen and oxygen atoms in total. The second-order valence-electron chi connectivity index (χ2n) is 6.64. The second kappa shape index (κ2) is 9.65. The summed E-state index contributed by atoms with van der Waals surface area (Å²) in [5.41, 5.74) is 2.61. The molecule has 4 rings (SSSR count). The summed E-state index contributed by atoms with van der Waals surface area (Å²) in [4.78, 5) is 21.6. The van der Waals surface area contributed by atoms with Crippen LogP contribution in [0.2, 0.25) is 0 Å². The molecule has 0 fully saturated rings. The van der Waals surface area contributed by atoms with Crippen LogP contribution in [-0.4, -0.2) is 11.9 Å². The molecular weight excluding hydrogens is 465 g/mol. The van der Waals surface area contributed by atoms with Crippen molar-refractivity contribution in [3.05, 3.63) is 95.1 Å². The number of carbonyl (C=O) groups excluding carboxylic acids is 2. The second-order valence-corrected chi connectivity index (χ2v) is 6.64. The zero-order valence-electron chi connectivity index (χ0n) is 16.3. The van der Waals surface area contributed by atoms with Gasteiger partial charge in [-0.15, -0.1) is 0 Å². The smallest absolute Gasteiger partial charge is 0.545 e. The van der Waals surface area contributed by atoms with E-state index in [1.54, 1.807) is 24.3 Å². The van der Waals surface area contributed by atoms with Crippen LogP contribution >= 0.6 is 0 Å². The Hall–Kier alpha value is -2.74. The molecule has 5 heteroatoms. The van der Waals surface area contributed by atoms with E-state index in [1.165, 1.54) is 0 Å². The number of aryl methyl sites for hydroxylation is 2. The average molecular weight is 483 g/mol. The third kappa shape index (κ3) is 5.20. The minimum Gasteiger partial charge on any atom is -0.545 e. The molecule has 0 saturated heterocycles. The molecular formula is C24H18CdO4. The summed E-state index contributed by atoms with van der Waals surface area (Å²) in [6.07, 6.45) is 0. The molecule has 140 valence electrons. The third-order valence-electron chi connectivity index (χ3n) is 4.52. The number of hydrogen-bond donors (Lipinski definition) is 0. The molecule has 0 aromatic heterocycles. The number of hydrogen-bond acceptors (Lipinski definition) is 4. The molecule has 0 bridgehead atoms. The van der Waals surface area contributed by atoms with Crippen LogP contribution in [0.15, 0.2) is 72.8 Å². The van der Waals surface area contributed by atoms with Crippen LogP contribution in [-0.2, 0) is 27.3 Å². The molecule has 0 unspecified atom stereocenters. The minimum absolute atomic E-state index is 0. The van der Waals surface area contributed by atoms with E-state index in [4.69, 9.17) is 0 Å². The molecule has 29 heavy (non-hydrogen) atoms. The van der Waals surface area contributed by atoms with E-state index in [1.807, 2.05) is 62.4 Å². The predicted octanol–water partition coefficient (Wildman–Crippen LogP) is 3.02. The van der Waals surface area contributed by atoms with E-state index >= 15 is 0 Å². The van der Waals surface area contributed by atoms with E-state index < -0.39 is 11.9 Å². The Balaban J connectivity index is 0.000000200. The summed E-state index contributed by atoms with van der Waals surface area (Å²) in [6, 6.07) is 21.8. The van der Waals surface area contributed by atoms with Gasteiger partial charge >= 0.3 is 27.3 Å². The van der Waals surface area contributed by atoms with Crippen molar-refractivity contribution in [2.24, 2.45) is 0 Å². The van der Waals surface area contributed by atoms with Gasteiger partial charge in [0.1, 0.15) is 0 Å². The largest absolute Gasteiger partial charge is 2.00 e. The molecule has 4 aromatic rings. The Labute approximate surface area is 189 Å². The van der Waals surface area contributed by atoms with Crippen molar-refractivity contribution in [3.8, 4) is 0 Å². The van der Waals surface area contributed by atoms with Crippen molar-refractivity contribution in [2.75, 3.05) is 0 Å². The summed E-state index contributed by atoms with van der Waals surface area (Å²) in [5.74, 6) is -2.25. The van der Waals surface area contributed by atoms with Crippen LogP contribution < -0.4 is 10.2 Å². The Morgan fingerprint density at radius 3 is 1.34 bits per heavy atom. The van der Waals surface area contributed by atoms with Gasteiger partial charge in [-0.05, 0) is 35.4 Å². The molecule has 0 heterocycles. The fourth-order valence-corrected chi connectivity index (χ4v) is 3.13. The van der Waals surface area contributed by atoms with Gasteiger partial charge in [0.05, 0.1) is 11.9 Å². The maximum atomic E-state index is 10.8. The van der Waals surface area contributed by atoms with Gasteiger partial charge in [-0.3, -0.25) is 0 Å². The van der Waals surface area contributed by atoms with E-state index in [-0.39, 0.29) is 38.4 Å².